The lowest BCUT2D eigenvalue weighted by Crippen LogP contribution is -2.63. The van der Waals surface area contributed by atoms with E-state index in [1.807, 2.05) is 24.8 Å². The molecule has 5 aliphatic rings. The number of piperidine rings is 2. The van der Waals surface area contributed by atoms with Gasteiger partial charge in [0.2, 0.25) is 5.91 Å². The summed E-state index contributed by atoms with van der Waals surface area (Å²) in [4.78, 5) is 32.2. The van der Waals surface area contributed by atoms with Crippen molar-refractivity contribution in [2.75, 3.05) is 25.1 Å². The van der Waals surface area contributed by atoms with Crippen molar-refractivity contribution in [2.45, 2.75) is 88.8 Å². The first-order chi connectivity index (χ1) is 16.4. The molecule has 4 atom stereocenters. The minimum atomic E-state index is -1.08. The van der Waals surface area contributed by atoms with Crippen molar-refractivity contribution in [1.29, 1.82) is 0 Å². The van der Waals surface area contributed by atoms with Crippen LogP contribution in [0.4, 0.5) is 5.69 Å². The normalized spacial score (nSPS) is 37.0. The number of carbonyl (C=O) groups is 2. The molecule has 0 bridgehead atoms. The first-order valence-electron chi connectivity index (χ1n) is 12.9. The third-order valence-electron chi connectivity index (χ3n) is 10.4. The van der Waals surface area contributed by atoms with Gasteiger partial charge >= 0.3 is 0 Å². The minimum absolute atomic E-state index is 0.0301. The maximum absolute atomic E-state index is 14.7. The zero-order valence-electron chi connectivity index (χ0n) is 21.4. The standard InChI is InChI=1S/C27H36N3O5/c1-24(2)13-18(31)21-19(35-5)10-9-17-22(21)29(24)23(32)27(17)14-26(30(33)34)15-28-11-7-6-8-16(28)12-20(26)25(27,3)4/h9-10,16,20,33H,6-8,11-15H2,1-5H3/q-1/t16-,20+,26-,27-/m0/s1. The van der Waals surface area contributed by atoms with Crippen LogP contribution in [-0.2, 0) is 10.2 Å². The van der Waals surface area contributed by atoms with Crippen molar-refractivity contribution in [3.63, 3.8) is 0 Å². The fourth-order valence-corrected chi connectivity index (χ4v) is 8.81. The minimum Gasteiger partial charge on any atom is -0.762 e. The molecule has 3 fully saturated rings. The summed E-state index contributed by atoms with van der Waals surface area (Å²) in [6.45, 7) is 9.45. The Morgan fingerprint density at radius 2 is 1.91 bits per heavy atom. The summed E-state index contributed by atoms with van der Waals surface area (Å²) in [5.41, 5.74) is -1.49. The third-order valence-corrected chi connectivity index (χ3v) is 10.4. The van der Waals surface area contributed by atoms with Crippen LogP contribution in [0.3, 0.4) is 0 Å². The Morgan fingerprint density at radius 3 is 2.60 bits per heavy atom. The molecule has 1 amide bonds. The molecule has 1 aromatic carbocycles. The van der Waals surface area contributed by atoms with Gasteiger partial charge in [0.15, 0.2) is 5.78 Å². The second kappa shape index (κ2) is 7.06. The molecule has 1 aromatic rings. The van der Waals surface area contributed by atoms with Crippen LogP contribution in [0.1, 0.15) is 82.1 Å². The fraction of sp³-hybridized carbons (Fsp3) is 0.704. The van der Waals surface area contributed by atoms with Crippen LogP contribution < -0.4 is 9.64 Å². The van der Waals surface area contributed by atoms with E-state index in [0.29, 0.717) is 29.6 Å². The molecule has 4 heterocycles. The Morgan fingerprint density at radius 1 is 1.17 bits per heavy atom. The largest absolute Gasteiger partial charge is 0.762 e. The third kappa shape index (κ3) is 2.61. The number of anilines is 1. The molecule has 0 radical (unpaired) electrons. The number of methoxy groups -OCH3 is 1. The van der Waals surface area contributed by atoms with Gasteiger partial charge in [-0.05, 0) is 69.0 Å². The van der Waals surface area contributed by atoms with Crippen LogP contribution in [-0.4, -0.2) is 64.3 Å². The summed E-state index contributed by atoms with van der Waals surface area (Å²) in [5, 5.41) is 24.0. The van der Waals surface area contributed by atoms with Crippen molar-refractivity contribution in [2.24, 2.45) is 11.3 Å². The summed E-state index contributed by atoms with van der Waals surface area (Å²) in [7, 11) is 1.54. The first kappa shape index (κ1) is 23.4. The molecule has 8 heteroatoms. The smallest absolute Gasteiger partial charge is 0.238 e. The van der Waals surface area contributed by atoms with Crippen molar-refractivity contribution in [3.8, 4) is 5.75 Å². The predicted molar refractivity (Wildman–Crippen MR) is 131 cm³/mol. The van der Waals surface area contributed by atoms with Gasteiger partial charge in [-0.1, -0.05) is 26.3 Å². The number of ketones is 1. The maximum Gasteiger partial charge on any atom is 0.238 e. The number of ether oxygens (including phenoxy) is 1. The van der Waals surface area contributed by atoms with Gasteiger partial charge in [-0.15, -0.1) is 0 Å². The zero-order valence-corrected chi connectivity index (χ0v) is 21.4. The van der Waals surface area contributed by atoms with Gasteiger partial charge in [0.1, 0.15) is 5.75 Å². The van der Waals surface area contributed by atoms with Gasteiger partial charge in [-0.2, -0.15) is 0 Å². The summed E-state index contributed by atoms with van der Waals surface area (Å²) in [6.07, 6.45) is 4.56. The van der Waals surface area contributed by atoms with Gasteiger partial charge in [0.25, 0.3) is 0 Å². The number of Topliss-reactive ketones (excluding diaryl/α,β-unsaturated/α-hetero) is 1. The Bertz CT molecular complexity index is 1130. The molecule has 6 rings (SSSR count). The lowest BCUT2D eigenvalue weighted by atomic mass is 9.60. The Kier molecular flexibility index (Phi) is 4.72. The number of hydrogen-bond acceptors (Lipinski definition) is 7. The van der Waals surface area contributed by atoms with E-state index >= 15 is 0 Å². The van der Waals surface area contributed by atoms with E-state index in [9.17, 15) is 20.0 Å². The molecular weight excluding hydrogens is 446 g/mol. The van der Waals surface area contributed by atoms with E-state index in [-0.39, 0.29) is 35.7 Å². The quantitative estimate of drug-likeness (QED) is 0.639. The lowest BCUT2D eigenvalue weighted by Gasteiger charge is -2.57. The fourth-order valence-electron chi connectivity index (χ4n) is 8.81. The van der Waals surface area contributed by atoms with Gasteiger partial charge < -0.3 is 20.1 Å². The molecule has 0 aromatic heterocycles. The topological polar surface area (TPSA) is 96.4 Å². The number of hydroxylamine groups is 2. The van der Waals surface area contributed by atoms with Gasteiger partial charge in [0.05, 0.1) is 29.3 Å². The molecule has 190 valence electrons. The first-order valence-corrected chi connectivity index (χ1v) is 12.9. The van der Waals surface area contributed by atoms with Crippen LogP contribution in [0.15, 0.2) is 12.1 Å². The van der Waals surface area contributed by atoms with E-state index in [1.54, 1.807) is 13.2 Å². The Balaban J connectivity index is 1.61. The molecule has 35 heavy (non-hydrogen) atoms. The molecule has 0 unspecified atom stereocenters. The highest BCUT2D eigenvalue weighted by Gasteiger charge is 2.75. The predicted octanol–water partition coefficient (Wildman–Crippen LogP) is 3.88. The number of benzene rings is 1. The number of fused-ring (bicyclic) bond motifs is 3. The van der Waals surface area contributed by atoms with Crippen LogP contribution in [0.5, 0.6) is 5.75 Å². The molecule has 4 aliphatic heterocycles. The highest BCUT2D eigenvalue weighted by Crippen LogP contribution is 2.70. The summed E-state index contributed by atoms with van der Waals surface area (Å²) < 4.78 is 5.57. The second-order valence-electron chi connectivity index (χ2n) is 12.7. The van der Waals surface area contributed by atoms with Crippen LogP contribution in [0.25, 0.3) is 0 Å². The summed E-state index contributed by atoms with van der Waals surface area (Å²) in [5.74, 6) is 0.223. The Hall–Kier alpha value is -2.00. The lowest BCUT2D eigenvalue weighted by molar-refractivity contribution is -0.184. The van der Waals surface area contributed by atoms with E-state index in [1.165, 1.54) is 6.42 Å². The molecule has 1 aliphatic carbocycles. The Labute approximate surface area is 206 Å². The van der Waals surface area contributed by atoms with Gasteiger partial charge in [-0.3, -0.25) is 19.7 Å². The van der Waals surface area contributed by atoms with E-state index in [2.05, 4.69) is 18.7 Å². The number of rotatable bonds is 2. The zero-order chi connectivity index (χ0) is 25.1. The summed E-state index contributed by atoms with van der Waals surface area (Å²) >= 11 is 0. The van der Waals surface area contributed by atoms with Crippen LogP contribution in [0, 0.1) is 16.5 Å². The highest BCUT2D eigenvalue weighted by atomic mass is 16.8. The van der Waals surface area contributed by atoms with E-state index in [0.717, 1.165) is 31.4 Å². The monoisotopic (exact) mass is 482 g/mol. The molecule has 2 saturated heterocycles. The SMILES string of the molecule is COc1ccc2c3c1C(=O)CC(C)(C)N3C(=O)[C@]21C[C@]2(N([O-])O)CN3CCCC[C@H]3C[C@@H]2C1(C)C. The van der Waals surface area contributed by atoms with Crippen molar-refractivity contribution >= 4 is 17.4 Å². The summed E-state index contributed by atoms with van der Waals surface area (Å²) in [6, 6.07) is 4.09. The second-order valence-corrected chi connectivity index (χ2v) is 12.7. The number of carbonyl (C=O) groups excluding carboxylic acids is 2. The van der Waals surface area contributed by atoms with Crippen molar-refractivity contribution in [1.82, 2.24) is 10.1 Å². The van der Waals surface area contributed by atoms with E-state index in [4.69, 9.17) is 4.74 Å². The van der Waals surface area contributed by atoms with E-state index < -0.39 is 21.9 Å². The van der Waals surface area contributed by atoms with Gasteiger partial charge in [-0.25, -0.2) is 0 Å². The van der Waals surface area contributed by atoms with Crippen molar-refractivity contribution < 1.29 is 19.5 Å². The number of nitrogens with zero attached hydrogens (tertiary/aromatic N) is 3. The average Bonchev–Trinajstić information content (AvgIpc) is 3.17. The highest BCUT2D eigenvalue weighted by molar-refractivity contribution is 6.19. The molecular formula is C27H36N3O5-. The van der Waals surface area contributed by atoms with Crippen LogP contribution in [0.2, 0.25) is 0 Å². The number of amides is 1. The molecule has 8 nitrogen and oxygen atoms in total. The molecule has 1 saturated carbocycles. The maximum atomic E-state index is 14.7. The molecule has 1 spiro atoms. The van der Waals surface area contributed by atoms with Crippen LogP contribution >= 0.6 is 0 Å². The molecule has 1 N–H and O–H groups in total. The average molecular weight is 483 g/mol. The number of hydrogen-bond donors (Lipinski definition) is 1. The van der Waals surface area contributed by atoms with Crippen molar-refractivity contribution in [3.05, 3.63) is 28.5 Å². The van der Waals surface area contributed by atoms with Gasteiger partial charge in [0, 0.05) is 24.5 Å².